The highest BCUT2D eigenvalue weighted by atomic mass is 14.8. The number of aromatic nitrogens is 2. The predicted octanol–water partition coefficient (Wildman–Crippen LogP) is 5.99. The topological polar surface area (TPSA) is 73.4 Å². The molecule has 0 aliphatic rings. The highest BCUT2D eigenvalue weighted by Gasteiger charge is 2.15. The summed E-state index contributed by atoms with van der Waals surface area (Å²) in [6.45, 7) is 0. The Hall–Kier alpha value is -4.54. The number of nitrogens with zero attached hydrogens (tertiary/aromatic N) is 4. The van der Waals surface area contributed by atoms with E-state index in [1.165, 1.54) is 0 Å². The third-order valence-corrected chi connectivity index (χ3v) is 5.68. The van der Waals surface area contributed by atoms with Gasteiger partial charge in [-0.1, -0.05) is 60.7 Å². The number of benzene rings is 5. The maximum absolute atomic E-state index is 9.43. The van der Waals surface area contributed by atoms with Crippen molar-refractivity contribution >= 4 is 54.4 Å². The monoisotopic (exact) mass is 380 g/mol. The molecule has 0 aliphatic heterocycles. The van der Waals surface area contributed by atoms with Crippen molar-refractivity contribution in [1.29, 1.82) is 10.5 Å². The van der Waals surface area contributed by atoms with Gasteiger partial charge in [0.15, 0.2) is 0 Å². The molecular formula is C26H12N4. The van der Waals surface area contributed by atoms with Crippen molar-refractivity contribution in [3.8, 4) is 12.1 Å². The maximum Gasteiger partial charge on any atom is 0.101 e. The maximum atomic E-state index is 9.43. The van der Waals surface area contributed by atoms with Gasteiger partial charge in [-0.15, -0.1) is 0 Å². The summed E-state index contributed by atoms with van der Waals surface area (Å²) in [6, 6.07) is 28.2. The van der Waals surface area contributed by atoms with E-state index in [1.54, 1.807) is 12.1 Å². The van der Waals surface area contributed by atoms with Gasteiger partial charge < -0.3 is 0 Å². The van der Waals surface area contributed by atoms with Crippen LogP contribution in [0.5, 0.6) is 0 Å². The summed E-state index contributed by atoms with van der Waals surface area (Å²) in [6.07, 6.45) is 0. The van der Waals surface area contributed by atoms with Crippen LogP contribution in [0, 0.1) is 22.7 Å². The van der Waals surface area contributed by atoms with Crippen LogP contribution in [0.3, 0.4) is 0 Å². The van der Waals surface area contributed by atoms with Crippen LogP contribution in [0.15, 0.2) is 72.8 Å². The molecule has 0 spiro atoms. The zero-order valence-corrected chi connectivity index (χ0v) is 15.7. The summed E-state index contributed by atoms with van der Waals surface area (Å²) >= 11 is 0. The lowest BCUT2D eigenvalue weighted by atomic mass is 9.95. The van der Waals surface area contributed by atoms with Gasteiger partial charge in [-0.3, -0.25) is 0 Å². The van der Waals surface area contributed by atoms with Crippen molar-refractivity contribution in [3.05, 3.63) is 83.9 Å². The molecule has 0 amide bonds. The van der Waals surface area contributed by atoms with E-state index in [2.05, 4.69) is 48.5 Å². The summed E-state index contributed by atoms with van der Waals surface area (Å²) < 4.78 is 0. The second-order valence-corrected chi connectivity index (χ2v) is 7.29. The first-order valence-corrected chi connectivity index (χ1v) is 9.56. The zero-order chi connectivity index (χ0) is 20.2. The second-order valence-electron chi connectivity index (χ2n) is 7.29. The minimum Gasteiger partial charge on any atom is -0.244 e. The molecule has 5 aromatic carbocycles. The van der Waals surface area contributed by atoms with Crippen LogP contribution in [0.2, 0.25) is 0 Å². The lowest BCUT2D eigenvalue weighted by Gasteiger charge is -2.12. The Morgan fingerprint density at radius 1 is 0.567 bits per heavy atom. The highest BCUT2D eigenvalue weighted by molar-refractivity contribution is 6.30. The molecule has 6 aromatic rings. The summed E-state index contributed by atoms with van der Waals surface area (Å²) in [4.78, 5) is 9.89. The molecule has 0 saturated heterocycles. The minimum absolute atomic E-state index is 0.314. The van der Waals surface area contributed by atoms with E-state index in [-0.39, 0.29) is 0 Å². The van der Waals surface area contributed by atoms with E-state index in [0.29, 0.717) is 22.2 Å². The molecule has 0 fully saturated rings. The quantitative estimate of drug-likeness (QED) is 0.240. The number of fused-ring (bicyclic) bond motifs is 9. The fourth-order valence-corrected chi connectivity index (χ4v) is 4.33. The Labute approximate surface area is 171 Å². The first kappa shape index (κ1) is 16.4. The Kier molecular flexibility index (Phi) is 3.27. The van der Waals surface area contributed by atoms with E-state index >= 15 is 0 Å². The Balaban J connectivity index is 1.95. The molecule has 1 heterocycles. The Bertz CT molecular complexity index is 1760. The highest BCUT2D eigenvalue weighted by Crippen LogP contribution is 2.38. The van der Waals surface area contributed by atoms with Crippen LogP contribution in [-0.4, -0.2) is 9.97 Å². The number of hydrogen-bond acceptors (Lipinski definition) is 4. The second kappa shape index (κ2) is 5.98. The van der Waals surface area contributed by atoms with Gasteiger partial charge in [0.05, 0.1) is 33.2 Å². The van der Waals surface area contributed by atoms with E-state index in [9.17, 15) is 10.5 Å². The summed E-state index contributed by atoms with van der Waals surface area (Å²) in [5, 5.41) is 25.4. The number of hydrogen-bond donors (Lipinski definition) is 0. The van der Waals surface area contributed by atoms with E-state index < -0.39 is 0 Å². The van der Waals surface area contributed by atoms with Crippen LogP contribution >= 0.6 is 0 Å². The lowest BCUT2D eigenvalue weighted by molar-refractivity contribution is 1.38. The molecule has 0 N–H and O–H groups in total. The van der Waals surface area contributed by atoms with E-state index in [1.807, 2.05) is 24.3 Å². The Morgan fingerprint density at radius 2 is 1.17 bits per heavy atom. The summed E-state index contributed by atoms with van der Waals surface area (Å²) in [7, 11) is 0. The third-order valence-electron chi connectivity index (χ3n) is 5.68. The van der Waals surface area contributed by atoms with E-state index in [0.717, 1.165) is 43.4 Å². The molecule has 6 rings (SSSR count). The SMILES string of the molecule is N#Cc1cc2nc3c4ccccc4c4ccc5ccccc5c4c3nc2cc1C#N. The van der Waals surface area contributed by atoms with Gasteiger partial charge in [0, 0.05) is 10.8 Å². The molecule has 136 valence electrons. The Morgan fingerprint density at radius 3 is 1.87 bits per heavy atom. The van der Waals surface area contributed by atoms with Gasteiger partial charge in [0.1, 0.15) is 12.1 Å². The van der Waals surface area contributed by atoms with Gasteiger partial charge in [-0.2, -0.15) is 10.5 Å². The number of nitriles is 2. The molecule has 0 bridgehead atoms. The molecule has 0 saturated carbocycles. The smallest absolute Gasteiger partial charge is 0.101 e. The molecular weight excluding hydrogens is 368 g/mol. The van der Waals surface area contributed by atoms with Crippen LogP contribution < -0.4 is 0 Å². The average Bonchev–Trinajstić information content (AvgIpc) is 2.81. The molecule has 4 heteroatoms. The van der Waals surface area contributed by atoms with Crippen molar-refractivity contribution in [2.75, 3.05) is 0 Å². The van der Waals surface area contributed by atoms with Crippen molar-refractivity contribution in [2.24, 2.45) is 0 Å². The van der Waals surface area contributed by atoms with Crippen molar-refractivity contribution < 1.29 is 0 Å². The summed E-state index contributed by atoms with van der Waals surface area (Å²) in [5.74, 6) is 0. The van der Waals surface area contributed by atoms with Crippen LogP contribution in [0.4, 0.5) is 0 Å². The largest absolute Gasteiger partial charge is 0.244 e. The average molecular weight is 380 g/mol. The third kappa shape index (κ3) is 2.13. The van der Waals surface area contributed by atoms with Gasteiger partial charge in [0.2, 0.25) is 0 Å². The predicted molar refractivity (Wildman–Crippen MR) is 119 cm³/mol. The molecule has 1 aromatic heterocycles. The van der Waals surface area contributed by atoms with Crippen LogP contribution in [0.1, 0.15) is 11.1 Å². The molecule has 0 aliphatic carbocycles. The summed E-state index contributed by atoms with van der Waals surface area (Å²) in [5.41, 5.74) is 3.46. The van der Waals surface area contributed by atoms with E-state index in [4.69, 9.17) is 9.97 Å². The fraction of sp³-hybridized carbons (Fsp3) is 0. The van der Waals surface area contributed by atoms with Gasteiger partial charge in [-0.05, 0) is 33.7 Å². The lowest BCUT2D eigenvalue weighted by Crippen LogP contribution is -1.94. The first-order chi connectivity index (χ1) is 14.8. The molecule has 0 atom stereocenters. The fourth-order valence-electron chi connectivity index (χ4n) is 4.33. The minimum atomic E-state index is 0.314. The van der Waals surface area contributed by atoms with Gasteiger partial charge in [0.25, 0.3) is 0 Å². The van der Waals surface area contributed by atoms with Crippen LogP contribution in [0.25, 0.3) is 54.4 Å². The molecule has 0 radical (unpaired) electrons. The molecule has 0 unspecified atom stereocenters. The van der Waals surface area contributed by atoms with Gasteiger partial charge in [-0.25, -0.2) is 9.97 Å². The zero-order valence-electron chi connectivity index (χ0n) is 15.7. The molecule has 30 heavy (non-hydrogen) atoms. The van der Waals surface area contributed by atoms with Gasteiger partial charge >= 0.3 is 0 Å². The number of rotatable bonds is 0. The first-order valence-electron chi connectivity index (χ1n) is 9.56. The van der Waals surface area contributed by atoms with Crippen molar-refractivity contribution in [1.82, 2.24) is 9.97 Å². The standard InChI is InChI=1S/C26H12N4/c27-13-16-11-22-23(12-17(16)14-28)30-26-24-18-6-2-1-5-15(18)9-10-20(24)19-7-3-4-8-21(19)25(26)29-22/h1-12H. The van der Waals surface area contributed by atoms with Crippen molar-refractivity contribution in [3.63, 3.8) is 0 Å². The molecule has 4 nitrogen and oxygen atoms in total. The van der Waals surface area contributed by atoms with Crippen molar-refractivity contribution in [2.45, 2.75) is 0 Å². The normalized spacial score (nSPS) is 11.3. The van der Waals surface area contributed by atoms with Crippen LogP contribution in [-0.2, 0) is 0 Å².